The summed E-state index contributed by atoms with van der Waals surface area (Å²) in [6, 6.07) is 3.90. The van der Waals surface area contributed by atoms with Crippen LogP contribution in [0.4, 0.5) is 19.0 Å². The molecular formula is C12H15F3N2O. The van der Waals surface area contributed by atoms with E-state index in [1.54, 1.807) is 13.2 Å². The van der Waals surface area contributed by atoms with E-state index in [0.717, 1.165) is 25.3 Å². The average Bonchev–Trinajstić information content (AvgIpc) is 2.75. The first-order valence-corrected chi connectivity index (χ1v) is 5.84. The Hall–Kier alpha value is -1.30. The lowest BCUT2D eigenvalue weighted by Crippen LogP contribution is -2.30. The molecule has 3 nitrogen and oxygen atoms in total. The summed E-state index contributed by atoms with van der Waals surface area (Å²) in [7, 11) is 1.62. The van der Waals surface area contributed by atoms with Crippen LogP contribution >= 0.6 is 0 Å². The van der Waals surface area contributed by atoms with Gasteiger partial charge < -0.3 is 10.1 Å². The SMILES string of the molecule is COC1CCCC1Nc1cccc(C(F)(F)F)n1. The molecule has 0 spiro atoms. The van der Waals surface area contributed by atoms with Gasteiger partial charge in [-0.25, -0.2) is 4.98 Å². The summed E-state index contributed by atoms with van der Waals surface area (Å²) in [5, 5.41) is 3.02. The third kappa shape index (κ3) is 2.93. The summed E-state index contributed by atoms with van der Waals surface area (Å²) >= 11 is 0. The molecule has 18 heavy (non-hydrogen) atoms. The third-order valence-corrected chi connectivity index (χ3v) is 3.13. The number of halogens is 3. The fourth-order valence-electron chi connectivity index (χ4n) is 2.24. The molecule has 6 heteroatoms. The number of anilines is 1. The van der Waals surface area contributed by atoms with Crippen molar-refractivity contribution in [1.82, 2.24) is 4.98 Å². The Balaban J connectivity index is 2.10. The molecule has 0 radical (unpaired) electrons. The second-order valence-electron chi connectivity index (χ2n) is 4.36. The fourth-order valence-corrected chi connectivity index (χ4v) is 2.24. The Bertz CT molecular complexity index is 409. The van der Waals surface area contributed by atoms with Crippen molar-refractivity contribution < 1.29 is 17.9 Å². The van der Waals surface area contributed by atoms with Gasteiger partial charge in [0.1, 0.15) is 11.5 Å². The van der Waals surface area contributed by atoms with Crippen LogP contribution in [0.25, 0.3) is 0 Å². The smallest absolute Gasteiger partial charge is 0.379 e. The summed E-state index contributed by atoms with van der Waals surface area (Å²) in [5.74, 6) is 0.249. The van der Waals surface area contributed by atoms with Crippen molar-refractivity contribution in [3.8, 4) is 0 Å². The maximum absolute atomic E-state index is 12.5. The van der Waals surface area contributed by atoms with Crippen LogP contribution in [-0.2, 0) is 10.9 Å². The van der Waals surface area contributed by atoms with E-state index in [2.05, 4.69) is 10.3 Å². The van der Waals surface area contributed by atoms with Crippen LogP contribution in [-0.4, -0.2) is 24.2 Å². The monoisotopic (exact) mass is 260 g/mol. The lowest BCUT2D eigenvalue weighted by molar-refractivity contribution is -0.141. The van der Waals surface area contributed by atoms with Crippen molar-refractivity contribution >= 4 is 5.82 Å². The van der Waals surface area contributed by atoms with Crippen molar-refractivity contribution in [2.24, 2.45) is 0 Å². The lowest BCUT2D eigenvalue weighted by Gasteiger charge is -2.20. The summed E-state index contributed by atoms with van der Waals surface area (Å²) in [6.45, 7) is 0. The van der Waals surface area contributed by atoms with Gasteiger partial charge in [-0.3, -0.25) is 0 Å². The molecule has 2 rings (SSSR count). The van der Waals surface area contributed by atoms with Crippen molar-refractivity contribution in [3.05, 3.63) is 23.9 Å². The summed E-state index contributed by atoms with van der Waals surface area (Å²) in [6.07, 6.45) is -1.55. The first-order chi connectivity index (χ1) is 8.50. The van der Waals surface area contributed by atoms with Crippen molar-refractivity contribution in [1.29, 1.82) is 0 Å². The maximum Gasteiger partial charge on any atom is 0.433 e. The average molecular weight is 260 g/mol. The zero-order chi connectivity index (χ0) is 13.2. The highest BCUT2D eigenvalue weighted by molar-refractivity contribution is 5.37. The van der Waals surface area contributed by atoms with E-state index < -0.39 is 11.9 Å². The van der Waals surface area contributed by atoms with Gasteiger partial charge in [-0.2, -0.15) is 13.2 Å². The van der Waals surface area contributed by atoms with E-state index in [-0.39, 0.29) is 18.0 Å². The molecule has 1 heterocycles. The Morgan fingerprint density at radius 1 is 1.33 bits per heavy atom. The standard InChI is InChI=1S/C12H15F3N2O/c1-18-9-5-2-4-8(9)16-11-7-3-6-10(17-11)12(13,14)15/h3,6-9H,2,4-5H2,1H3,(H,16,17). The Labute approximate surface area is 103 Å². The van der Waals surface area contributed by atoms with Crippen LogP contribution in [0.15, 0.2) is 18.2 Å². The predicted octanol–water partition coefficient (Wildman–Crippen LogP) is 3.08. The molecule has 1 aliphatic carbocycles. The Kier molecular flexibility index (Phi) is 3.75. The molecule has 1 aromatic rings. The molecule has 0 aliphatic heterocycles. The van der Waals surface area contributed by atoms with Crippen LogP contribution in [0.2, 0.25) is 0 Å². The molecule has 2 unspecified atom stereocenters. The van der Waals surface area contributed by atoms with Gasteiger partial charge in [-0.05, 0) is 31.4 Å². The van der Waals surface area contributed by atoms with Gasteiger partial charge in [0.2, 0.25) is 0 Å². The fraction of sp³-hybridized carbons (Fsp3) is 0.583. The van der Waals surface area contributed by atoms with Crippen molar-refractivity contribution in [2.75, 3.05) is 12.4 Å². The van der Waals surface area contributed by atoms with E-state index in [9.17, 15) is 13.2 Å². The quantitative estimate of drug-likeness (QED) is 0.906. The van der Waals surface area contributed by atoms with Crippen LogP contribution in [0.3, 0.4) is 0 Å². The minimum absolute atomic E-state index is 0.0333. The molecule has 0 amide bonds. The second kappa shape index (κ2) is 5.14. The lowest BCUT2D eigenvalue weighted by atomic mass is 10.2. The van der Waals surface area contributed by atoms with Crippen molar-refractivity contribution in [3.63, 3.8) is 0 Å². The highest BCUT2D eigenvalue weighted by Gasteiger charge is 2.33. The number of aromatic nitrogens is 1. The van der Waals surface area contributed by atoms with E-state index in [0.29, 0.717) is 0 Å². The zero-order valence-electron chi connectivity index (χ0n) is 10.00. The first-order valence-electron chi connectivity index (χ1n) is 5.84. The number of ether oxygens (including phenoxy) is 1. The number of alkyl halides is 3. The number of methoxy groups -OCH3 is 1. The number of hydrogen-bond acceptors (Lipinski definition) is 3. The summed E-state index contributed by atoms with van der Waals surface area (Å²) < 4.78 is 42.8. The van der Waals surface area contributed by atoms with Gasteiger partial charge in [-0.15, -0.1) is 0 Å². The van der Waals surface area contributed by atoms with E-state index >= 15 is 0 Å². The molecule has 2 atom stereocenters. The van der Waals surface area contributed by atoms with Gasteiger partial charge in [0.15, 0.2) is 0 Å². The molecular weight excluding hydrogens is 245 g/mol. The van der Waals surface area contributed by atoms with E-state index in [4.69, 9.17) is 4.74 Å². The normalized spacial score (nSPS) is 24.2. The molecule has 0 saturated heterocycles. The maximum atomic E-state index is 12.5. The van der Waals surface area contributed by atoms with Crippen molar-refractivity contribution in [2.45, 2.75) is 37.6 Å². The molecule has 1 saturated carbocycles. The highest BCUT2D eigenvalue weighted by Crippen LogP contribution is 2.29. The molecule has 1 fully saturated rings. The van der Waals surface area contributed by atoms with Crippen LogP contribution < -0.4 is 5.32 Å². The van der Waals surface area contributed by atoms with E-state index in [1.165, 1.54) is 6.07 Å². The molecule has 100 valence electrons. The first kappa shape index (κ1) is 13.1. The van der Waals surface area contributed by atoms with Gasteiger partial charge in [0.25, 0.3) is 0 Å². The Morgan fingerprint density at radius 3 is 2.78 bits per heavy atom. The predicted molar refractivity (Wildman–Crippen MR) is 61.3 cm³/mol. The van der Waals surface area contributed by atoms with Gasteiger partial charge in [0.05, 0.1) is 12.1 Å². The number of hydrogen-bond donors (Lipinski definition) is 1. The molecule has 1 N–H and O–H groups in total. The van der Waals surface area contributed by atoms with Gasteiger partial charge >= 0.3 is 6.18 Å². The number of nitrogens with zero attached hydrogens (tertiary/aromatic N) is 1. The second-order valence-corrected chi connectivity index (χ2v) is 4.36. The number of nitrogens with one attached hydrogen (secondary N) is 1. The molecule has 1 aliphatic rings. The topological polar surface area (TPSA) is 34.1 Å². The van der Waals surface area contributed by atoms with Crippen LogP contribution in [0.5, 0.6) is 0 Å². The summed E-state index contributed by atoms with van der Waals surface area (Å²) in [4.78, 5) is 3.58. The number of pyridine rings is 1. The Morgan fingerprint density at radius 2 is 2.11 bits per heavy atom. The summed E-state index contributed by atoms with van der Waals surface area (Å²) in [5.41, 5.74) is -0.875. The minimum Gasteiger partial charge on any atom is -0.379 e. The van der Waals surface area contributed by atoms with Crippen LogP contribution in [0.1, 0.15) is 25.0 Å². The zero-order valence-corrected chi connectivity index (χ0v) is 10.00. The molecule has 0 bridgehead atoms. The minimum atomic E-state index is -4.41. The largest absolute Gasteiger partial charge is 0.433 e. The van der Waals surface area contributed by atoms with Gasteiger partial charge in [0, 0.05) is 7.11 Å². The van der Waals surface area contributed by atoms with Crippen LogP contribution in [0, 0.1) is 0 Å². The van der Waals surface area contributed by atoms with Gasteiger partial charge in [-0.1, -0.05) is 6.07 Å². The van der Waals surface area contributed by atoms with E-state index in [1.807, 2.05) is 0 Å². The highest BCUT2D eigenvalue weighted by atomic mass is 19.4. The number of rotatable bonds is 3. The molecule has 1 aromatic heterocycles. The third-order valence-electron chi connectivity index (χ3n) is 3.13. The molecule has 0 aromatic carbocycles.